The second-order valence-electron chi connectivity index (χ2n) is 3.37. The monoisotopic (exact) mass is 137 g/mol. The van der Waals surface area contributed by atoms with Gasteiger partial charge in [0.2, 0.25) is 5.91 Å². The van der Waals surface area contributed by atoms with Gasteiger partial charge in [0.05, 0.1) is 11.5 Å². The SMILES string of the molecule is CC12CC=CCC1C(=O)N2. The summed E-state index contributed by atoms with van der Waals surface area (Å²) >= 11 is 0. The van der Waals surface area contributed by atoms with E-state index in [1.165, 1.54) is 0 Å². The summed E-state index contributed by atoms with van der Waals surface area (Å²) in [6.07, 6.45) is 6.19. The van der Waals surface area contributed by atoms with E-state index >= 15 is 0 Å². The van der Waals surface area contributed by atoms with Gasteiger partial charge in [-0.1, -0.05) is 12.2 Å². The molecular formula is C8H11NO. The van der Waals surface area contributed by atoms with Gasteiger partial charge in [0, 0.05) is 0 Å². The minimum Gasteiger partial charge on any atom is -0.349 e. The molecule has 0 radical (unpaired) electrons. The third-order valence-electron chi connectivity index (χ3n) is 2.57. The van der Waals surface area contributed by atoms with Gasteiger partial charge in [-0.3, -0.25) is 4.79 Å². The summed E-state index contributed by atoms with van der Waals surface area (Å²) in [6.45, 7) is 2.11. The summed E-state index contributed by atoms with van der Waals surface area (Å²) in [7, 11) is 0. The molecule has 54 valence electrons. The van der Waals surface area contributed by atoms with Gasteiger partial charge in [-0.05, 0) is 19.8 Å². The molecule has 0 saturated carbocycles. The van der Waals surface area contributed by atoms with Crippen LogP contribution < -0.4 is 5.32 Å². The number of carbonyl (C=O) groups is 1. The summed E-state index contributed by atoms with van der Waals surface area (Å²) < 4.78 is 0. The number of hydrogen-bond donors (Lipinski definition) is 1. The van der Waals surface area contributed by atoms with Gasteiger partial charge in [-0.15, -0.1) is 0 Å². The first kappa shape index (κ1) is 5.96. The van der Waals surface area contributed by atoms with Crippen molar-refractivity contribution in [1.82, 2.24) is 5.32 Å². The van der Waals surface area contributed by atoms with Crippen LogP contribution in [0, 0.1) is 5.92 Å². The molecule has 1 heterocycles. The largest absolute Gasteiger partial charge is 0.349 e. The van der Waals surface area contributed by atoms with Gasteiger partial charge in [0.1, 0.15) is 0 Å². The van der Waals surface area contributed by atoms with Gasteiger partial charge in [-0.2, -0.15) is 0 Å². The second-order valence-corrected chi connectivity index (χ2v) is 3.37. The van der Waals surface area contributed by atoms with E-state index in [9.17, 15) is 4.79 Å². The first-order valence-electron chi connectivity index (χ1n) is 3.69. The minimum atomic E-state index is 0.103. The standard InChI is InChI=1S/C8H11NO/c1-8-5-3-2-4-6(8)7(10)9-8/h2-3,6H,4-5H2,1H3,(H,9,10). The number of amides is 1. The Bertz CT molecular complexity index is 209. The van der Waals surface area contributed by atoms with E-state index in [0.29, 0.717) is 0 Å². The summed E-state index contributed by atoms with van der Waals surface area (Å²) in [6, 6.07) is 0. The van der Waals surface area contributed by atoms with Gasteiger partial charge < -0.3 is 5.32 Å². The smallest absolute Gasteiger partial charge is 0.226 e. The Morgan fingerprint density at radius 1 is 1.70 bits per heavy atom. The molecule has 1 saturated heterocycles. The molecule has 1 fully saturated rings. The molecule has 0 aromatic rings. The molecule has 1 aliphatic heterocycles. The second kappa shape index (κ2) is 1.62. The molecule has 1 amide bonds. The highest BCUT2D eigenvalue weighted by molar-refractivity contribution is 5.88. The van der Waals surface area contributed by atoms with E-state index in [1.807, 2.05) is 0 Å². The Morgan fingerprint density at radius 2 is 2.50 bits per heavy atom. The first-order chi connectivity index (χ1) is 4.72. The van der Waals surface area contributed by atoms with E-state index in [2.05, 4.69) is 24.4 Å². The maximum absolute atomic E-state index is 10.9. The fourth-order valence-corrected chi connectivity index (χ4v) is 1.79. The lowest BCUT2D eigenvalue weighted by Crippen LogP contribution is -2.67. The van der Waals surface area contributed by atoms with Crippen LogP contribution in [0.15, 0.2) is 12.2 Å². The highest BCUT2D eigenvalue weighted by Crippen LogP contribution is 2.36. The van der Waals surface area contributed by atoms with Crippen molar-refractivity contribution in [3.05, 3.63) is 12.2 Å². The third kappa shape index (κ3) is 0.564. The zero-order valence-corrected chi connectivity index (χ0v) is 6.05. The summed E-state index contributed by atoms with van der Waals surface area (Å²) in [5.41, 5.74) is 0.103. The van der Waals surface area contributed by atoms with Crippen LogP contribution in [0.1, 0.15) is 19.8 Å². The van der Waals surface area contributed by atoms with E-state index in [-0.39, 0.29) is 17.4 Å². The Labute approximate surface area is 60.3 Å². The Kier molecular flexibility index (Phi) is 0.967. The molecule has 2 atom stereocenters. The average molecular weight is 137 g/mol. The highest BCUT2D eigenvalue weighted by Gasteiger charge is 2.49. The quantitative estimate of drug-likeness (QED) is 0.389. The lowest BCUT2D eigenvalue weighted by molar-refractivity contribution is -0.140. The normalized spacial score (nSPS) is 43.7. The maximum atomic E-state index is 10.9. The summed E-state index contributed by atoms with van der Waals surface area (Å²) in [5, 5.41) is 2.93. The molecule has 0 spiro atoms. The Balaban J connectivity index is 2.23. The van der Waals surface area contributed by atoms with E-state index in [1.54, 1.807) is 0 Å². The lowest BCUT2D eigenvalue weighted by Gasteiger charge is -2.48. The minimum absolute atomic E-state index is 0.103. The molecule has 2 heteroatoms. The Morgan fingerprint density at radius 3 is 3.00 bits per heavy atom. The number of allylic oxidation sites excluding steroid dienone is 1. The Hall–Kier alpha value is -0.790. The van der Waals surface area contributed by atoms with Crippen LogP contribution in [-0.2, 0) is 4.79 Å². The van der Waals surface area contributed by atoms with Gasteiger partial charge in [0.15, 0.2) is 0 Å². The molecule has 2 nitrogen and oxygen atoms in total. The fraction of sp³-hybridized carbons (Fsp3) is 0.625. The molecule has 2 unspecified atom stereocenters. The maximum Gasteiger partial charge on any atom is 0.226 e. The number of β-lactam (4-membered cyclic amide) rings is 1. The molecular weight excluding hydrogens is 126 g/mol. The first-order valence-corrected chi connectivity index (χ1v) is 3.69. The van der Waals surface area contributed by atoms with Crippen molar-refractivity contribution in [3.63, 3.8) is 0 Å². The van der Waals surface area contributed by atoms with Crippen LogP contribution in [0.3, 0.4) is 0 Å². The fourth-order valence-electron chi connectivity index (χ4n) is 1.79. The number of rotatable bonds is 0. The molecule has 0 aromatic heterocycles. The predicted octanol–water partition coefficient (Wildman–Crippen LogP) is 0.841. The lowest BCUT2D eigenvalue weighted by atomic mass is 9.70. The number of hydrogen-bond acceptors (Lipinski definition) is 1. The number of carbonyl (C=O) groups excluding carboxylic acids is 1. The molecule has 10 heavy (non-hydrogen) atoms. The van der Waals surface area contributed by atoms with Crippen molar-refractivity contribution in [2.75, 3.05) is 0 Å². The van der Waals surface area contributed by atoms with Gasteiger partial charge in [0.25, 0.3) is 0 Å². The zero-order chi connectivity index (χ0) is 7.19. The van der Waals surface area contributed by atoms with Crippen LogP contribution >= 0.6 is 0 Å². The number of fused-ring (bicyclic) bond motifs is 1. The van der Waals surface area contributed by atoms with Crippen LogP contribution in [-0.4, -0.2) is 11.4 Å². The van der Waals surface area contributed by atoms with Gasteiger partial charge in [-0.25, -0.2) is 0 Å². The van der Waals surface area contributed by atoms with E-state index in [4.69, 9.17) is 0 Å². The predicted molar refractivity (Wildman–Crippen MR) is 38.4 cm³/mol. The molecule has 2 aliphatic rings. The molecule has 1 N–H and O–H groups in total. The summed E-state index contributed by atoms with van der Waals surface area (Å²) in [4.78, 5) is 10.9. The van der Waals surface area contributed by atoms with Crippen molar-refractivity contribution < 1.29 is 4.79 Å². The van der Waals surface area contributed by atoms with Crippen LogP contribution in [0.5, 0.6) is 0 Å². The third-order valence-corrected chi connectivity index (χ3v) is 2.57. The average Bonchev–Trinajstić information content (AvgIpc) is 1.86. The van der Waals surface area contributed by atoms with Crippen LogP contribution in [0.2, 0.25) is 0 Å². The van der Waals surface area contributed by atoms with Crippen molar-refractivity contribution in [1.29, 1.82) is 0 Å². The van der Waals surface area contributed by atoms with E-state index < -0.39 is 0 Å². The van der Waals surface area contributed by atoms with Crippen molar-refractivity contribution in [2.45, 2.75) is 25.3 Å². The van der Waals surface area contributed by atoms with Crippen molar-refractivity contribution in [2.24, 2.45) is 5.92 Å². The van der Waals surface area contributed by atoms with E-state index in [0.717, 1.165) is 12.8 Å². The molecule has 0 aromatic carbocycles. The molecule has 2 rings (SSSR count). The zero-order valence-electron chi connectivity index (χ0n) is 6.05. The molecule has 0 bridgehead atoms. The van der Waals surface area contributed by atoms with Crippen LogP contribution in [0.25, 0.3) is 0 Å². The molecule has 1 aliphatic carbocycles. The highest BCUT2D eigenvalue weighted by atomic mass is 16.2. The topological polar surface area (TPSA) is 29.1 Å². The number of nitrogens with one attached hydrogen (secondary N) is 1. The van der Waals surface area contributed by atoms with Crippen LogP contribution in [0.4, 0.5) is 0 Å². The van der Waals surface area contributed by atoms with Crippen molar-refractivity contribution >= 4 is 5.91 Å². The van der Waals surface area contributed by atoms with Gasteiger partial charge >= 0.3 is 0 Å². The summed E-state index contributed by atoms with van der Waals surface area (Å²) in [5.74, 6) is 0.490. The van der Waals surface area contributed by atoms with Crippen molar-refractivity contribution in [3.8, 4) is 0 Å².